The lowest BCUT2D eigenvalue weighted by atomic mass is 10.2. The molecular formula is C22H19N5O3S2. The van der Waals surface area contributed by atoms with Crippen LogP contribution in [0.2, 0.25) is 0 Å². The van der Waals surface area contributed by atoms with E-state index in [9.17, 15) is 4.79 Å². The number of anilines is 1. The number of aromatic nitrogens is 4. The zero-order chi connectivity index (χ0) is 21.9. The van der Waals surface area contributed by atoms with Gasteiger partial charge >= 0.3 is 0 Å². The fourth-order valence-electron chi connectivity index (χ4n) is 3.29. The number of hydrogen-bond donors (Lipinski definition) is 1. The lowest BCUT2D eigenvalue weighted by molar-refractivity contribution is -0.113. The molecule has 0 unspecified atom stereocenters. The number of allylic oxidation sites excluding steroid dienone is 1. The van der Waals surface area contributed by atoms with Crippen LogP contribution in [-0.2, 0) is 11.3 Å². The van der Waals surface area contributed by atoms with Gasteiger partial charge in [-0.25, -0.2) is 4.98 Å². The molecule has 0 fully saturated rings. The van der Waals surface area contributed by atoms with Crippen LogP contribution in [0, 0.1) is 0 Å². The van der Waals surface area contributed by atoms with Crippen LogP contribution < -0.4 is 14.8 Å². The summed E-state index contributed by atoms with van der Waals surface area (Å²) < 4.78 is 14.1. The third-order valence-corrected chi connectivity index (χ3v) is 6.59. The molecule has 5 rings (SSSR count). The maximum absolute atomic E-state index is 12.6. The number of benzene rings is 2. The number of rotatable bonds is 7. The van der Waals surface area contributed by atoms with Gasteiger partial charge in [-0.15, -0.1) is 16.8 Å². The standard InChI is InChI=1S/C22H19N5O3S2/c1-2-8-27-20(14-6-4-3-5-7-14)25-26-22(27)31-13-19(28)24-21-23-15-11-16-17(12-18(15)32-21)30-10-9-29-16/h2-7,11-12H,1,8-10,13H2,(H,23,24,28). The molecule has 0 atom stereocenters. The first-order valence-electron chi connectivity index (χ1n) is 9.93. The Kier molecular flexibility index (Phi) is 5.78. The highest BCUT2D eigenvalue weighted by molar-refractivity contribution is 7.99. The SMILES string of the molecule is C=CCn1c(SCC(=O)Nc2nc3cc4c(cc3s2)OCCO4)nnc1-c1ccccc1. The lowest BCUT2D eigenvalue weighted by Crippen LogP contribution is -2.15. The molecule has 0 saturated heterocycles. The van der Waals surface area contributed by atoms with E-state index in [2.05, 4.69) is 27.1 Å². The van der Waals surface area contributed by atoms with Gasteiger partial charge in [0.1, 0.15) is 13.2 Å². The molecule has 1 aliphatic heterocycles. The van der Waals surface area contributed by atoms with Crippen molar-refractivity contribution in [1.82, 2.24) is 19.7 Å². The molecule has 0 saturated carbocycles. The summed E-state index contributed by atoms with van der Waals surface area (Å²) >= 11 is 2.72. The Balaban J connectivity index is 1.28. The van der Waals surface area contributed by atoms with Gasteiger partial charge in [0.15, 0.2) is 27.6 Å². The molecule has 0 spiro atoms. The Bertz CT molecular complexity index is 1240. The molecule has 0 bridgehead atoms. The van der Waals surface area contributed by atoms with Crippen LogP contribution in [0.1, 0.15) is 0 Å². The molecule has 10 heteroatoms. The maximum atomic E-state index is 12.6. The van der Waals surface area contributed by atoms with E-state index in [1.54, 1.807) is 6.08 Å². The lowest BCUT2D eigenvalue weighted by Gasteiger charge is -2.17. The zero-order valence-corrected chi connectivity index (χ0v) is 18.6. The monoisotopic (exact) mass is 465 g/mol. The molecule has 2 aromatic carbocycles. The van der Waals surface area contributed by atoms with Crippen LogP contribution in [0.5, 0.6) is 11.5 Å². The van der Waals surface area contributed by atoms with Crippen LogP contribution in [0.3, 0.4) is 0 Å². The number of thiazole rings is 1. The van der Waals surface area contributed by atoms with E-state index in [4.69, 9.17) is 9.47 Å². The van der Waals surface area contributed by atoms with Crippen LogP contribution >= 0.6 is 23.1 Å². The molecule has 0 aliphatic carbocycles. The number of thioether (sulfide) groups is 1. The van der Waals surface area contributed by atoms with E-state index >= 15 is 0 Å². The van der Waals surface area contributed by atoms with Crippen LogP contribution in [-0.4, -0.2) is 44.6 Å². The third kappa shape index (κ3) is 4.19. The van der Waals surface area contributed by atoms with Gasteiger partial charge in [0.2, 0.25) is 5.91 Å². The first kappa shape index (κ1) is 20.5. The second-order valence-corrected chi connectivity index (χ2v) is 8.86. The zero-order valence-electron chi connectivity index (χ0n) is 17.0. The predicted octanol–water partition coefficient (Wildman–Crippen LogP) is 4.24. The normalized spacial score (nSPS) is 12.6. The van der Waals surface area contributed by atoms with Crippen molar-refractivity contribution in [2.75, 3.05) is 24.3 Å². The van der Waals surface area contributed by atoms with Gasteiger partial charge in [-0.2, -0.15) is 0 Å². The quantitative estimate of drug-likeness (QED) is 0.322. The topological polar surface area (TPSA) is 91.2 Å². The molecule has 4 aromatic rings. The summed E-state index contributed by atoms with van der Waals surface area (Å²) in [5.74, 6) is 2.14. The molecule has 1 amide bonds. The summed E-state index contributed by atoms with van der Waals surface area (Å²) in [5, 5.41) is 12.6. The number of fused-ring (bicyclic) bond motifs is 2. The van der Waals surface area contributed by atoms with E-state index in [0.29, 0.717) is 41.5 Å². The molecule has 8 nitrogen and oxygen atoms in total. The fourth-order valence-corrected chi connectivity index (χ4v) is 4.93. The number of nitrogens with zero attached hydrogens (tertiary/aromatic N) is 4. The van der Waals surface area contributed by atoms with Gasteiger partial charge in [0.05, 0.1) is 16.0 Å². The first-order chi connectivity index (χ1) is 15.7. The van der Waals surface area contributed by atoms with Crippen molar-refractivity contribution in [3.8, 4) is 22.9 Å². The van der Waals surface area contributed by atoms with Gasteiger partial charge in [0, 0.05) is 24.2 Å². The van der Waals surface area contributed by atoms with Gasteiger partial charge < -0.3 is 14.8 Å². The second-order valence-electron chi connectivity index (χ2n) is 6.89. The largest absolute Gasteiger partial charge is 0.486 e. The number of nitrogens with one attached hydrogen (secondary N) is 1. The van der Waals surface area contributed by atoms with Crippen LogP contribution in [0.15, 0.2) is 60.3 Å². The molecule has 32 heavy (non-hydrogen) atoms. The number of carbonyl (C=O) groups is 1. The highest BCUT2D eigenvalue weighted by atomic mass is 32.2. The number of carbonyl (C=O) groups excluding carboxylic acids is 1. The summed E-state index contributed by atoms with van der Waals surface area (Å²) in [4.78, 5) is 17.1. The van der Waals surface area contributed by atoms with Crippen LogP contribution in [0.4, 0.5) is 5.13 Å². The van der Waals surface area contributed by atoms with Crippen molar-refractivity contribution >= 4 is 44.4 Å². The predicted molar refractivity (Wildman–Crippen MR) is 126 cm³/mol. The van der Waals surface area contributed by atoms with Crippen molar-refractivity contribution in [3.05, 3.63) is 55.1 Å². The molecule has 1 N–H and O–H groups in total. The van der Waals surface area contributed by atoms with Crippen molar-refractivity contribution in [2.24, 2.45) is 0 Å². The molecule has 162 valence electrons. The molecular weight excluding hydrogens is 446 g/mol. The number of hydrogen-bond acceptors (Lipinski definition) is 8. The Morgan fingerprint density at radius 2 is 1.97 bits per heavy atom. The van der Waals surface area contributed by atoms with Crippen molar-refractivity contribution in [2.45, 2.75) is 11.7 Å². The summed E-state index contributed by atoms with van der Waals surface area (Å²) in [5.41, 5.74) is 1.73. The second kappa shape index (κ2) is 9.01. The van der Waals surface area contributed by atoms with E-state index in [0.717, 1.165) is 21.6 Å². The number of ether oxygens (including phenoxy) is 2. The van der Waals surface area contributed by atoms with E-state index in [-0.39, 0.29) is 11.7 Å². The van der Waals surface area contributed by atoms with E-state index in [1.165, 1.54) is 23.1 Å². The summed E-state index contributed by atoms with van der Waals surface area (Å²) in [6.45, 7) is 5.42. The van der Waals surface area contributed by atoms with E-state index in [1.807, 2.05) is 47.0 Å². The van der Waals surface area contributed by atoms with Gasteiger partial charge in [-0.1, -0.05) is 59.5 Å². The van der Waals surface area contributed by atoms with Gasteiger partial charge in [-0.05, 0) is 0 Å². The first-order valence-corrected chi connectivity index (χ1v) is 11.7. The minimum absolute atomic E-state index is 0.166. The Labute approximate surface area is 192 Å². The summed E-state index contributed by atoms with van der Waals surface area (Å²) in [6.07, 6.45) is 1.79. The molecule has 3 heterocycles. The highest BCUT2D eigenvalue weighted by Crippen LogP contribution is 2.37. The highest BCUT2D eigenvalue weighted by Gasteiger charge is 2.18. The maximum Gasteiger partial charge on any atom is 0.236 e. The minimum atomic E-state index is -0.166. The molecule has 0 radical (unpaired) electrons. The average Bonchev–Trinajstić information content (AvgIpc) is 3.39. The smallest absolute Gasteiger partial charge is 0.236 e. The minimum Gasteiger partial charge on any atom is -0.486 e. The van der Waals surface area contributed by atoms with Crippen LogP contribution in [0.25, 0.3) is 21.6 Å². The van der Waals surface area contributed by atoms with Gasteiger partial charge in [-0.3, -0.25) is 9.36 Å². The summed E-state index contributed by atoms with van der Waals surface area (Å²) in [6, 6.07) is 13.6. The third-order valence-electron chi connectivity index (χ3n) is 4.69. The molecule has 2 aromatic heterocycles. The van der Waals surface area contributed by atoms with Crippen molar-refractivity contribution < 1.29 is 14.3 Å². The Hall–Kier alpha value is -3.37. The van der Waals surface area contributed by atoms with Crippen molar-refractivity contribution in [3.63, 3.8) is 0 Å². The molecule has 1 aliphatic rings. The number of amides is 1. The van der Waals surface area contributed by atoms with Crippen molar-refractivity contribution in [1.29, 1.82) is 0 Å². The van der Waals surface area contributed by atoms with E-state index < -0.39 is 0 Å². The Morgan fingerprint density at radius 3 is 2.75 bits per heavy atom. The average molecular weight is 466 g/mol. The Morgan fingerprint density at radius 1 is 1.19 bits per heavy atom. The fraction of sp³-hybridized carbons (Fsp3) is 0.182. The van der Waals surface area contributed by atoms with Gasteiger partial charge in [0.25, 0.3) is 0 Å². The summed E-state index contributed by atoms with van der Waals surface area (Å²) in [7, 11) is 0.